The molecule has 1 heterocycles. The number of halogens is 1. The first-order valence-electron chi connectivity index (χ1n) is 8.19. The Labute approximate surface area is 150 Å². The third kappa shape index (κ3) is 4.58. The number of nitrogens with one attached hydrogen (secondary N) is 1. The van der Waals surface area contributed by atoms with Gasteiger partial charge >= 0.3 is 0 Å². The van der Waals surface area contributed by atoms with Gasteiger partial charge in [0.05, 0.1) is 6.54 Å². The molecule has 1 aliphatic carbocycles. The molecule has 0 unspecified atom stereocenters. The van der Waals surface area contributed by atoms with Gasteiger partial charge in [-0.25, -0.2) is 0 Å². The number of nitrogens with zero attached hydrogens (tertiary/aromatic N) is 2. The Bertz CT molecular complexity index is 632. The molecule has 124 valence electrons. The Morgan fingerprint density at radius 3 is 3.00 bits per heavy atom. The number of aromatic nitrogens is 2. The fraction of sp³-hybridized carbons (Fsp3) is 0.529. The van der Waals surface area contributed by atoms with Crippen LogP contribution in [0.5, 0.6) is 0 Å². The molecular formula is C17H22BrN3OS. The molecule has 1 N–H and O–H groups in total. The predicted molar refractivity (Wildman–Crippen MR) is 98.4 cm³/mol. The van der Waals surface area contributed by atoms with Crippen molar-refractivity contribution in [2.45, 2.75) is 50.4 Å². The van der Waals surface area contributed by atoms with Crippen molar-refractivity contribution in [2.24, 2.45) is 0 Å². The Hall–Kier alpha value is -0.850. The number of thioether (sulfide) groups is 1. The van der Waals surface area contributed by atoms with Crippen LogP contribution in [0.4, 0.5) is 0 Å². The van der Waals surface area contributed by atoms with Gasteiger partial charge in [0.15, 0.2) is 0 Å². The van der Waals surface area contributed by atoms with Gasteiger partial charge in [0.1, 0.15) is 0 Å². The third-order valence-corrected chi connectivity index (χ3v) is 5.96. The van der Waals surface area contributed by atoms with E-state index in [1.54, 1.807) is 0 Å². The maximum Gasteiger partial charge on any atom is 0.247 e. The molecule has 2 aromatic rings. The zero-order valence-corrected chi connectivity index (χ0v) is 15.7. The lowest BCUT2D eigenvalue weighted by Crippen LogP contribution is -2.40. The van der Waals surface area contributed by atoms with Crippen molar-refractivity contribution < 1.29 is 4.42 Å². The number of rotatable bonds is 6. The number of hydrogen-bond acceptors (Lipinski definition) is 5. The van der Waals surface area contributed by atoms with Gasteiger partial charge in [0.2, 0.25) is 11.8 Å². The lowest BCUT2D eigenvalue weighted by Gasteiger charge is -2.31. The van der Waals surface area contributed by atoms with Gasteiger partial charge < -0.3 is 9.73 Å². The minimum Gasteiger partial charge on any atom is -0.419 e. The van der Waals surface area contributed by atoms with E-state index in [9.17, 15) is 0 Å². The molecule has 0 saturated heterocycles. The van der Waals surface area contributed by atoms with E-state index in [-0.39, 0.29) is 0 Å². The molecule has 0 radical (unpaired) electrons. The molecule has 23 heavy (non-hydrogen) atoms. The minimum atomic E-state index is 0.551. The number of benzene rings is 1. The Kier molecular flexibility index (Phi) is 6.14. The third-order valence-electron chi connectivity index (χ3n) is 4.14. The van der Waals surface area contributed by atoms with Crippen molar-refractivity contribution in [1.29, 1.82) is 0 Å². The lowest BCUT2D eigenvalue weighted by atomic mass is 9.95. The lowest BCUT2D eigenvalue weighted by molar-refractivity contribution is 0.362. The molecule has 2 atom stereocenters. The highest BCUT2D eigenvalue weighted by molar-refractivity contribution is 9.10. The fourth-order valence-corrected chi connectivity index (χ4v) is 4.65. The normalized spacial score (nSPS) is 21.5. The van der Waals surface area contributed by atoms with Crippen LogP contribution < -0.4 is 5.32 Å². The first kappa shape index (κ1) is 17.0. The predicted octanol–water partition coefficient (Wildman–Crippen LogP) is 4.65. The van der Waals surface area contributed by atoms with E-state index in [0.717, 1.165) is 10.0 Å². The highest BCUT2D eigenvalue weighted by atomic mass is 79.9. The van der Waals surface area contributed by atoms with Crippen molar-refractivity contribution in [3.05, 3.63) is 34.6 Å². The summed E-state index contributed by atoms with van der Waals surface area (Å²) in [5.41, 5.74) is 0.940. The highest BCUT2D eigenvalue weighted by Gasteiger charge is 2.25. The molecule has 0 amide bonds. The average Bonchev–Trinajstić information content (AvgIpc) is 3.03. The van der Waals surface area contributed by atoms with Gasteiger partial charge in [-0.15, -0.1) is 10.2 Å². The zero-order valence-electron chi connectivity index (χ0n) is 13.3. The standard InChI is InChI=1S/C17H22BrN3OS/c1-2-23-15-9-4-3-8-14(15)19-11-16-20-21-17(22-16)12-6-5-7-13(18)10-12/h5-7,10,14-15,19H,2-4,8-9,11H2,1H3/t14-,15+/m1/s1. The van der Waals surface area contributed by atoms with Crippen molar-refractivity contribution in [3.63, 3.8) is 0 Å². The van der Waals surface area contributed by atoms with Crippen LogP contribution in [-0.4, -0.2) is 27.2 Å². The smallest absolute Gasteiger partial charge is 0.247 e. The van der Waals surface area contributed by atoms with E-state index in [0.29, 0.717) is 29.6 Å². The summed E-state index contributed by atoms with van der Waals surface area (Å²) in [5, 5.41) is 12.7. The van der Waals surface area contributed by atoms with Crippen LogP contribution >= 0.6 is 27.7 Å². The van der Waals surface area contributed by atoms with Gasteiger partial charge in [-0.2, -0.15) is 11.8 Å². The molecule has 0 bridgehead atoms. The molecule has 1 aromatic carbocycles. The molecule has 1 aromatic heterocycles. The van der Waals surface area contributed by atoms with Crippen molar-refractivity contribution in [3.8, 4) is 11.5 Å². The van der Waals surface area contributed by atoms with Crippen LogP contribution in [0.15, 0.2) is 33.2 Å². The SMILES string of the molecule is CCS[C@H]1CCCC[C@H]1NCc1nnc(-c2cccc(Br)c2)o1. The Morgan fingerprint density at radius 2 is 2.17 bits per heavy atom. The summed E-state index contributed by atoms with van der Waals surface area (Å²) in [4.78, 5) is 0. The van der Waals surface area contributed by atoms with Crippen LogP contribution in [0.25, 0.3) is 11.5 Å². The second-order valence-corrected chi connectivity index (χ2v) is 8.21. The summed E-state index contributed by atoms with van der Waals surface area (Å²) >= 11 is 5.53. The minimum absolute atomic E-state index is 0.551. The zero-order chi connectivity index (χ0) is 16.1. The van der Waals surface area contributed by atoms with Gasteiger partial charge in [-0.05, 0) is 36.8 Å². The maximum absolute atomic E-state index is 5.80. The van der Waals surface area contributed by atoms with Crippen LogP contribution in [-0.2, 0) is 6.54 Å². The fourth-order valence-electron chi connectivity index (χ4n) is 3.03. The summed E-state index contributed by atoms with van der Waals surface area (Å²) in [6.07, 6.45) is 5.21. The molecule has 6 heteroatoms. The second-order valence-electron chi connectivity index (χ2n) is 5.78. The average molecular weight is 396 g/mol. The molecule has 0 aliphatic heterocycles. The van der Waals surface area contributed by atoms with Crippen LogP contribution in [0.3, 0.4) is 0 Å². The first-order chi connectivity index (χ1) is 11.3. The molecular weight excluding hydrogens is 374 g/mol. The van der Waals surface area contributed by atoms with Crippen molar-refractivity contribution in [2.75, 3.05) is 5.75 Å². The topological polar surface area (TPSA) is 51.0 Å². The molecule has 3 rings (SSSR count). The van der Waals surface area contributed by atoms with Gasteiger partial charge in [0, 0.05) is 21.3 Å². The van der Waals surface area contributed by atoms with Crippen LogP contribution in [0, 0.1) is 0 Å². The van der Waals surface area contributed by atoms with Gasteiger partial charge in [-0.3, -0.25) is 0 Å². The quantitative estimate of drug-likeness (QED) is 0.770. The second kappa shape index (κ2) is 8.31. The Balaban J connectivity index is 1.60. The van der Waals surface area contributed by atoms with Crippen molar-refractivity contribution in [1.82, 2.24) is 15.5 Å². The van der Waals surface area contributed by atoms with E-state index in [2.05, 4.69) is 50.1 Å². The Morgan fingerprint density at radius 1 is 1.30 bits per heavy atom. The summed E-state index contributed by atoms with van der Waals surface area (Å²) in [6.45, 7) is 2.88. The van der Waals surface area contributed by atoms with E-state index in [1.807, 2.05) is 24.3 Å². The van der Waals surface area contributed by atoms with Gasteiger partial charge in [-0.1, -0.05) is 41.8 Å². The van der Waals surface area contributed by atoms with Crippen molar-refractivity contribution >= 4 is 27.7 Å². The van der Waals surface area contributed by atoms with E-state index >= 15 is 0 Å². The van der Waals surface area contributed by atoms with Crippen LogP contribution in [0.2, 0.25) is 0 Å². The van der Waals surface area contributed by atoms with E-state index < -0.39 is 0 Å². The van der Waals surface area contributed by atoms with E-state index in [1.165, 1.54) is 31.4 Å². The molecule has 1 saturated carbocycles. The first-order valence-corrected chi connectivity index (χ1v) is 10.0. The largest absolute Gasteiger partial charge is 0.419 e. The molecule has 1 aliphatic rings. The molecule has 1 fully saturated rings. The number of hydrogen-bond donors (Lipinski definition) is 1. The summed E-state index contributed by atoms with van der Waals surface area (Å²) in [5.74, 6) is 2.41. The summed E-state index contributed by atoms with van der Waals surface area (Å²) in [7, 11) is 0. The molecule has 4 nitrogen and oxygen atoms in total. The van der Waals surface area contributed by atoms with Gasteiger partial charge in [0.25, 0.3) is 0 Å². The maximum atomic E-state index is 5.80. The monoisotopic (exact) mass is 395 g/mol. The van der Waals surface area contributed by atoms with Crippen LogP contribution in [0.1, 0.15) is 38.5 Å². The summed E-state index contributed by atoms with van der Waals surface area (Å²) in [6, 6.07) is 8.46. The summed E-state index contributed by atoms with van der Waals surface area (Å²) < 4.78 is 6.81. The molecule has 0 spiro atoms. The highest BCUT2D eigenvalue weighted by Crippen LogP contribution is 2.29. The van der Waals surface area contributed by atoms with E-state index in [4.69, 9.17) is 4.42 Å².